The van der Waals surface area contributed by atoms with Crippen LogP contribution in [0.4, 0.5) is 5.13 Å². The van der Waals surface area contributed by atoms with Crippen LogP contribution < -0.4 is 10.1 Å². The van der Waals surface area contributed by atoms with Gasteiger partial charge < -0.3 is 10.1 Å². The van der Waals surface area contributed by atoms with Crippen LogP contribution in [0.25, 0.3) is 10.2 Å². The molecule has 0 aliphatic carbocycles. The molecule has 7 nitrogen and oxygen atoms in total. The van der Waals surface area contributed by atoms with Crippen LogP contribution in [-0.4, -0.2) is 50.2 Å². The molecule has 0 radical (unpaired) electrons. The highest BCUT2D eigenvalue weighted by Gasteiger charge is 2.27. The lowest BCUT2D eigenvalue weighted by Crippen LogP contribution is -2.27. The summed E-state index contributed by atoms with van der Waals surface area (Å²) in [6.07, 6.45) is 1.78. The zero-order chi connectivity index (χ0) is 20.4. The standard InChI is InChI=1S/C20H21N3O4S2/c1-27-15-6-9-17-19(12-15)28-20(22-17)21-13-18(24)14-4-7-16(8-5-14)29(25,26)23-10-2-3-11-23/h4-9,12H,2-3,10-11,13H2,1H3,(H,21,22). The second kappa shape index (κ2) is 8.10. The first-order valence-corrected chi connectivity index (χ1v) is 11.5. The molecule has 1 saturated heterocycles. The number of thiazole rings is 1. The van der Waals surface area contributed by atoms with E-state index in [2.05, 4.69) is 10.3 Å². The predicted octanol–water partition coefficient (Wildman–Crippen LogP) is 3.38. The molecule has 1 aliphatic heterocycles. The van der Waals surface area contributed by atoms with Crippen molar-refractivity contribution in [3.8, 4) is 5.75 Å². The normalized spacial score (nSPS) is 14.9. The number of nitrogens with zero attached hydrogens (tertiary/aromatic N) is 2. The van der Waals surface area contributed by atoms with E-state index in [-0.39, 0.29) is 17.2 Å². The zero-order valence-electron chi connectivity index (χ0n) is 15.9. The Kier molecular flexibility index (Phi) is 5.53. The van der Waals surface area contributed by atoms with Gasteiger partial charge in [0.05, 0.1) is 28.8 Å². The lowest BCUT2D eigenvalue weighted by atomic mass is 10.1. The summed E-state index contributed by atoms with van der Waals surface area (Å²) in [7, 11) is -1.86. The monoisotopic (exact) mass is 431 g/mol. The van der Waals surface area contributed by atoms with Gasteiger partial charge in [-0.05, 0) is 55.3 Å². The van der Waals surface area contributed by atoms with E-state index >= 15 is 0 Å². The highest BCUT2D eigenvalue weighted by atomic mass is 32.2. The lowest BCUT2D eigenvalue weighted by molar-refractivity contribution is 0.101. The second-order valence-electron chi connectivity index (χ2n) is 6.76. The predicted molar refractivity (Wildman–Crippen MR) is 113 cm³/mol. The zero-order valence-corrected chi connectivity index (χ0v) is 17.6. The summed E-state index contributed by atoms with van der Waals surface area (Å²) < 4.78 is 32.8. The average Bonchev–Trinajstić information content (AvgIpc) is 3.41. The van der Waals surface area contributed by atoms with E-state index in [1.165, 1.54) is 27.8 Å². The number of ether oxygens (including phenoxy) is 1. The van der Waals surface area contributed by atoms with Crippen LogP contribution in [0, 0.1) is 0 Å². The minimum absolute atomic E-state index is 0.0786. The first-order chi connectivity index (χ1) is 14.0. The molecule has 2 heterocycles. The summed E-state index contributed by atoms with van der Waals surface area (Å²) in [6.45, 7) is 1.19. The fraction of sp³-hybridized carbons (Fsp3) is 0.300. The van der Waals surface area contributed by atoms with Crippen LogP contribution >= 0.6 is 11.3 Å². The van der Waals surface area contributed by atoms with Crippen LogP contribution in [0.1, 0.15) is 23.2 Å². The molecule has 0 spiro atoms. The fourth-order valence-electron chi connectivity index (χ4n) is 3.26. The molecule has 4 rings (SSSR count). The van der Waals surface area contributed by atoms with Crippen molar-refractivity contribution in [3.05, 3.63) is 48.0 Å². The Labute approximate surface area is 173 Å². The van der Waals surface area contributed by atoms with Gasteiger partial charge in [-0.2, -0.15) is 4.31 Å². The third-order valence-electron chi connectivity index (χ3n) is 4.87. The van der Waals surface area contributed by atoms with Crippen molar-refractivity contribution < 1.29 is 17.9 Å². The Morgan fingerprint density at radius 2 is 1.90 bits per heavy atom. The largest absolute Gasteiger partial charge is 0.497 e. The van der Waals surface area contributed by atoms with Crippen molar-refractivity contribution in [1.82, 2.24) is 9.29 Å². The van der Waals surface area contributed by atoms with E-state index in [0.717, 1.165) is 28.8 Å². The first kappa shape index (κ1) is 19.8. The Hall–Kier alpha value is -2.49. The molecule has 1 N–H and O–H groups in total. The van der Waals surface area contributed by atoms with Crippen molar-refractivity contribution in [2.45, 2.75) is 17.7 Å². The number of fused-ring (bicyclic) bond motifs is 1. The van der Waals surface area contributed by atoms with E-state index in [1.54, 1.807) is 19.2 Å². The number of ketones is 1. The molecule has 29 heavy (non-hydrogen) atoms. The van der Waals surface area contributed by atoms with Gasteiger partial charge in [-0.1, -0.05) is 11.3 Å². The van der Waals surface area contributed by atoms with E-state index in [9.17, 15) is 13.2 Å². The Bertz CT molecular complexity index is 1130. The van der Waals surface area contributed by atoms with Crippen LogP contribution in [-0.2, 0) is 10.0 Å². The van der Waals surface area contributed by atoms with Gasteiger partial charge in [0.15, 0.2) is 10.9 Å². The highest BCUT2D eigenvalue weighted by molar-refractivity contribution is 7.89. The number of nitrogens with one attached hydrogen (secondary N) is 1. The van der Waals surface area contributed by atoms with Gasteiger partial charge in [0.1, 0.15) is 5.75 Å². The molecule has 1 aromatic heterocycles. The van der Waals surface area contributed by atoms with E-state index in [4.69, 9.17) is 4.74 Å². The molecular weight excluding hydrogens is 410 g/mol. The number of Topliss-reactive ketones (excluding diaryl/α,β-unsaturated/α-hetero) is 1. The Morgan fingerprint density at radius 1 is 1.17 bits per heavy atom. The SMILES string of the molecule is COc1ccc2nc(NCC(=O)c3ccc(S(=O)(=O)N4CCCC4)cc3)sc2c1. The molecule has 1 fully saturated rings. The number of carbonyl (C=O) groups is 1. The number of methoxy groups -OCH3 is 1. The van der Waals surface area contributed by atoms with Gasteiger partial charge in [-0.25, -0.2) is 13.4 Å². The molecule has 152 valence electrons. The first-order valence-electron chi connectivity index (χ1n) is 9.29. The number of rotatable bonds is 7. The van der Waals surface area contributed by atoms with Gasteiger partial charge in [0.2, 0.25) is 10.0 Å². The fourth-order valence-corrected chi connectivity index (χ4v) is 5.66. The van der Waals surface area contributed by atoms with Crippen LogP contribution in [0.5, 0.6) is 5.75 Å². The van der Waals surface area contributed by atoms with E-state index in [1.807, 2.05) is 18.2 Å². The topological polar surface area (TPSA) is 88.6 Å². The highest BCUT2D eigenvalue weighted by Crippen LogP contribution is 2.29. The molecule has 1 aliphatic rings. The van der Waals surface area contributed by atoms with Gasteiger partial charge in [0.25, 0.3) is 0 Å². The smallest absolute Gasteiger partial charge is 0.243 e. The third kappa shape index (κ3) is 4.12. The molecule has 0 atom stereocenters. The second-order valence-corrected chi connectivity index (χ2v) is 9.73. The van der Waals surface area contributed by atoms with Crippen molar-refractivity contribution in [1.29, 1.82) is 0 Å². The number of hydrogen-bond acceptors (Lipinski definition) is 7. The maximum Gasteiger partial charge on any atom is 0.243 e. The van der Waals surface area contributed by atoms with E-state index in [0.29, 0.717) is 23.8 Å². The molecule has 2 aromatic carbocycles. The van der Waals surface area contributed by atoms with Crippen molar-refractivity contribution in [2.75, 3.05) is 32.1 Å². The summed E-state index contributed by atoms with van der Waals surface area (Å²) in [4.78, 5) is 17.2. The van der Waals surface area contributed by atoms with Crippen LogP contribution in [0.3, 0.4) is 0 Å². The Morgan fingerprint density at radius 3 is 2.59 bits per heavy atom. The number of carbonyl (C=O) groups excluding carboxylic acids is 1. The number of hydrogen-bond donors (Lipinski definition) is 1. The quantitative estimate of drug-likeness (QED) is 0.577. The molecule has 0 amide bonds. The maximum atomic E-state index is 12.6. The number of aromatic nitrogens is 1. The number of anilines is 1. The van der Waals surface area contributed by atoms with Gasteiger partial charge in [0, 0.05) is 18.7 Å². The summed E-state index contributed by atoms with van der Waals surface area (Å²) >= 11 is 1.44. The number of benzene rings is 2. The number of sulfonamides is 1. The Balaban J connectivity index is 1.42. The van der Waals surface area contributed by atoms with Gasteiger partial charge >= 0.3 is 0 Å². The third-order valence-corrected chi connectivity index (χ3v) is 7.76. The van der Waals surface area contributed by atoms with Gasteiger partial charge in [-0.3, -0.25) is 4.79 Å². The minimum Gasteiger partial charge on any atom is -0.497 e. The molecule has 9 heteroatoms. The average molecular weight is 432 g/mol. The molecule has 0 saturated carbocycles. The summed E-state index contributed by atoms with van der Waals surface area (Å²) in [6, 6.07) is 11.8. The molecular formula is C20H21N3O4S2. The maximum absolute atomic E-state index is 12.6. The molecule has 3 aromatic rings. The summed E-state index contributed by atoms with van der Waals surface area (Å²) in [5.41, 5.74) is 1.29. The van der Waals surface area contributed by atoms with E-state index < -0.39 is 10.0 Å². The minimum atomic E-state index is -3.47. The van der Waals surface area contributed by atoms with Crippen LogP contribution in [0.2, 0.25) is 0 Å². The van der Waals surface area contributed by atoms with Crippen molar-refractivity contribution in [2.24, 2.45) is 0 Å². The lowest BCUT2D eigenvalue weighted by Gasteiger charge is -2.15. The van der Waals surface area contributed by atoms with Crippen LogP contribution in [0.15, 0.2) is 47.4 Å². The van der Waals surface area contributed by atoms with Crippen molar-refractivity contribution >= 4 is 42.5 Å². The van der Waals surface area contributed by atoms with Crippen molar-refractivity contribution in [3.63, 3.8) is 0 Å². The molecule has 0 unspecified atom stereocenters. The summed E-state index contributed by atoms with van der Waals surface area (Å²) in [5.74, 6) is 0.625. The summed E-state index contributed by atoms with van der Waals surface area (Å²) in [5, 5.41) is 3.70. The molecule has 0 bridgehead atoms. The van der Waals surface area contributed by atoms with Gasteiger partial charge in [-0.15, -0.1) is 0 Å².